The zero-order valence-electron chi connectivity index (χ0n) is 21.9. The van der Waals surface area contributed by atoms with Crippen molar-refractivity contribution in [1.82, 2.24) is 19.9 Å². The van der Waals surface area contributed by atoms with Gasteiger partial charge in [0.25, 0.3) is 10.0 Å². The van der Waals surface area contributed by atoms with Crippen LogP contribution in [0.25, 0.3) is 0 Å². The molecule has 2 aromatic heterocycles. The molecule has 1 amide bonds. The smallest absolute Gasteiger partial charge is 0.410 e. The fourth-order valence-corrected chi connectivity index (χ4v) is 6.05. The number of hydrogen-bond acceptors (Lipinski definition) is 8. The molecule has 206 valence electrons. The molecule has 0 radical (unpaired) electrons. The number of nitrogens with zero attached hydrogens (tertiary/aromatic N) is 5. The average Bonchev–Trinajstić information content (AvgIpc) is 3.20. The molecule has 3 aromatic rings. The van der Waals surface area contributed by atoms with Gasteiger partial charge in [0.1, 0.15) is 17.2 Å². The number of carbonyl (C=O) groups is 1. The quantitative estimate of drug-likeness (QED) is 0.478. The molecule has 0 spiro atoms. The van der Waals surface area contributed by atoms with Gasteiger partial charge in [0.15, 0.2) is 11.6 Å². The van der Waals surface area contributed by atoms with Gasteiger partial charge in [-0.25, -0.2) is 36.9 Å². The van der Waals surface area contributed by atoms with Gasteiger partial charge in [-0.15, -0.1) is 0 Å². The van der Waals surface area contributed by atoms with Gasteiger partial charge < -0.3 is 15.0 Å². The van der Waals surface area contributed by atoms with Crippen molar-refractivity contribution < 1.29 is 22.3 Å². The van der Waals surface area contributed by atoms with Gasteiger partial charge in [0.2, 0.25) is 0 Å². The number of carbonyl (C=O) groups excluding carboxylic acids is 1. The first-order valence-corrected chi connectivity index (χ1v) is 14.2. The normalized spacial score (nSPS) is 17.5. The van der Waals surface area contributed by atoms with Crippen molar-refractivity contribution >= 4 is 39.4 Å². The number of pyridine rings is 1. The third kappa shape index (κ3) is 5.48. The van der Waals surface area contributed by atoms with Crippen LogP contribution in [0.3, 0.4) is 0 Å². The molecular weight excluding hydrogens is 547 g/mol. The number of aryl methyl sites for hydroxylation is 1. The van der Waals surface area contributed by atoms with Crippen LogP contribution in [0, 0.1) is 12.7 Å². The minimum absolute atomic E-state index is 0.0280. The summed E-state index contributed by atoms with van der Waals surface area (Å²) in [6.45, 7) is 7.85. The molecule has 10 nitrogen and oxygen atoms in total. The Labute approximate surface area is 231 Å². The number of sulfonamides is 1. The minimum atomic E-state index is -3.95. The molecule has 0 bridgehead atoms. The van der Waals surface area contributed by atoms with E-state index >= 15 is 0 Å². The summed E-state index contributed by atoms with van der Waals surface area (Å²) in [5.41, 5.74) is 0.842. The zero-order valence-corrected chi connectivity index (χ0v) is 23.4. The lowest BCUT2D eigenvalue weighted by molar-refractivity contribution is 0.0104. The van der Waals surface area contributed by atoms with E-state index in [4.69, 9.17) is 16.3 Å². The van der Waals surface area contributed by atoms with Gasteiger partial charge in [-0.05, 0) is 45.9 Å². The third-order valence-corrected chi connectivity index (χ3v) is 8.36. The first-order valence-electron chi connectivity index (χ1n) is 12.3. The maximum atomic E-state index is 14.7. The van der Waals surface area contributed by atoms with E-state index in [0.717, 1.165) is 11.8 Å². The zero-order chi connectivity index (χ0) is 28.1. The van der Waals surface area contributed by atoms with Crippen molar-refractivity contribution in [3.8, 4) is 0 Å². The molecule has 39 heavy (non-hydrogen) atoms. The van der Waals surface area contributed by atoms with E-state index in [2.05, 4.69) is 20.3 Å². The number of amides is 1. The van der Waals surface area contributed by atoms with Gasteiger partial charge in [-0.1, -0.05) is 29.3 Å². The highest BCUT2D eigenvalue weighted by molar-refractivity contribution is 7.92. The topological polar surface area (TPSA) is 118 Å². The van der Waals surface area contributed by atoms with Gasteiger partial charge >= 0.3 is 6.09 Å². The van der Waals surface area contributed by atoms with Gasteiger partial charge in [-0.2, -0.15) is 0 Å². The maximum absolute atomic E-state index is 14.7. The Kier molecular flexibility index (Phi) is 6.88. The van der Waals surface area contributed by atoms with Crippen LogP contribution in [0.4, 0.5) is 20.8 Å². The Balaban J connectivity index is 1.38. The van der Waals surface area contributed by atoms with Crippen molar-refractivity contribution in [2.45, 2.75) is 50.2 Å². The molecule has 4 heterocycles. The summed E-state index contributed by atoms with van der Waals surface area (Å²) in [7, 11) is -3.95. The Morgan fingerprint density at radius 2 is 1.82 bits per heavy atom. The summed E-state index contributed by atoms with van der Waals surface area (Å²) < 4.78 is 48.4. The van der Waals surface area contributed by atoms with Crippen molar-refractivity contribution in [2.75, 3.05) is 29.3 Å². The lowest BCUT2D eigenvalue weighted by Crippen LogP contribution is -2.58. The van der Waals surface area contributed by atoms with Crippen LogP contribution in [0.15, 0.2) is 47.6 Å². The van der Waals surface area contributed by atoms with Crippen molar-refractivity contribution in [3.63, 3.8) is 0 Å². The first kappa shape index (κ1) is 27.1. The highest BCUT2D eigenvalue weighted by Crippen LogP contribution is 2.42. The summed E-state index contributed by atoms with van der Waals surface area (Å²) in [6, 6.07) is 7.93. The van der Waals surface area contributed by atoms with Crippen LogP contribution in [0.2, 0.25) is 5.02 Å². The molecule has 1 unspecified atom stereocenters. The SMILES string of the molecule is Cc1ccc(S(=O)(=O)N2CC(c3ncc(F)c(NC4CN(C(=O)OC(C)(C)C)C4)n3)c3cc(Cl)cnc32)cc1. The molecule has 0 aliphatic carbocycles. The number of nitrogens with one attached hydrogen (secondary N) is 1. The van der Waals surface area contributed by atoms with Gasteiger partial charge in [-0.3, -0.25) is 0 Å². The van der Waals surface area contributed by atoms with Crippen molar-refractivity contribution in [2.24, 2.45) is 0 Å². The molecule has 1 aromatic carbocycles. The maximum Gasteiger partial charge on any atom is 0.410 e. The largest absolute Gasteiger partial charge is 0.444 e. The van der Waals surface area contributed by atoms with Crippen LogP contribution < -0.4 is 9.62 Å². The van der Waals surface area contributed by atoms with Crippen LogP contribution in [0.5, 0.6) is 0 Å². The average molecular weight is 575 g/mol. The predicted octanol–water partition coefficient (Wildman–Crippen LogP) is 4.34. The number of rotatable bonds is 5. The molecule has 13 heteroatoms. The Morgan fingerprint density at radius 3 is 2.49 bits per heavy atom. The number of fused-ring (bicyclic) bond motifs is 1. The van der Waals surface area contributed by atoms with E-state index < -0.39 is 33.5 Å². The van der Waals surface area contributed by atoms with Crippen LogP contribution in [-0.4, -0.2) is 65.6 Å². The Morgan fingerprint density at radius 1 is 1.13 bits per heavy atom. The fraction of sp³-hybridized carbons (Fsp3) is 0.385. The van der Waals surface area contributed by atoms with Crippen LogP contribution >= 0.6 is 11.6 Å². The molecule has 1 atom stereocenters. The summed E-state index contributed by atoms with van der Waals surface area (Å²) in [6.07, 6.45) is 1.99. The second-order valence-corrected chi connectivity index (χ2v) is 12.9. The van der Waals surface area contributed by atoms with Crippen molar-refractivity contribution in [1.29, 1.82) is 0 Å². The third-order valence-electron chi connectivity index (χ3n) is 6.38. The molecule has 0 saturated carbocycles. The summed E-state index contributed by atoms with van der Waals surface area (Å²) >= 11 is 6.22. The lowest BCUT2D eigenvalue weighted by Gasteiger charge is -2.40. The highest BCUT2D eigenvalue weighted by Gasteiger charge is 2.41. The monoisotopic (exact) mass is 574 g/mol. The van der Waals surface area contributed by atoms with Gasteiger partial charge in [0.05, 0.1) is 34.6 Å². The molecule has 1 fully saturated rings. The highest BCUT2D eigenvalue weighted by atomic mass is 35.5. The summed E-state index contributed by atoms with van der Waals surface area (Å²) in [4.78, 5) is 26.7. The number of aromatic nitrogens is 3. The number of hydrogen-bond donors (Lipinski definition) is 1. The molecule has 2 aliphatic rings. The van der Waals surface area contributed by atoms with Crippen LogP contribution in [0.1, 0.15) is 43.6 Å². The molecule has 5 rings (SSSR count). The van der Waals surface area contributed by atoms with E-state index in [1.807, 2.05) is 6.92 Å². The van der Waals surface area contributed by atoms with E-state index in [1.165, 1.54) is 15.4 Å². The number of ether oxygens (including phenoxy) is 1. The lowest BCUT2D eigenvalue weighted by atomic mass is 10.0. The molecule has 1 saturated heterocycles. The number of benzene rings is 1. The predicted molar refractivity (Wildman–Crippen MR) is 144 cm³/mol. The second-order valence-electron chi connectivity index (χ2n) is 10.6. The van der Waals surface area contributed by atoms with Crippen molar-refractivity contribution in [3.05, 3.63) is 70.5 Å². The number of likely N-dealkylation sites (tertiary alicyclic amines) is 1. The molecule has 1 N–H and O–H groups in total. The summed E-state index contributed by atoms with van der Waals surface area (Å²) in [5.74, 6) is -0.896. The standard InChI is InChI=1S/C26H28ClFN6O4S/c1-15-5-7-18(8-6-15)39(36,37)34-14-20(19-9-16(27)10-30-24(19)34)22-29-11-21(28)23(32-22)31-17-12-33(13-17)25(35)38-26(2,3)4/h5-11,17,20H,12-14H2,1-4H3,(H,29,31,32). The van der Waals surface area contributed by atoms with E-state index in [1.54, 1.807) is 51.1 Å². The van der Waals surface area contributed by atoms with E-state index in [0.29, 0.717) is 23.7 Å². The molecular formula is C26H28ClFN6O4S. The van der Waals surface area contributed by atoms with E-state index in [9.17, 15) is 17.6 Å². The summed E-state index contributed by atoms with van der Waals surface area (Å²) in [5, 5.41) is 3.34. The Hall–Kier alpha value is -3.51. The van der Waals surface area contributed by atoms with Gasteiger partial charge in [0, 0.05) is 24.8 Å². The minimum Gasteiger partial charge on any atom is -0.444 e. The number of anilines is 2. The second kappa shape index (κ2) is 9.91. The first-order chi connectivity index (χ1) is 18.3. The van der Waals surface area contributed by atoms with Crippen LogP contribution in [-0.2, 0) is 14.8 Å². The Bertz CT molecular complexity index is 1520. The van der Waals surface area contributed by atoms with E-state index in [-0.39, 0.29) is 34.9 Å². The molecule has 2 aliphatic heterocycles. The fourth-order valence-electron chi connectivity index (χ4n) is 4.42. The number of halogens is 2.